The van der Waals surface area contributed by atoms with E-state index in [9.17, 15) is 4.79 Å². The van der Waals surface area contributed by atoms with E-state index in [2.05, 4.69) is 27.1 Å². The van der Waals surface area contributed by atoms with Gasteiger partial charge in [-0.3, -0.25) is 0 Å². The van der Waals surface area contributed by atoms with Gasteiger partial charge in [0.25, 0.3) is 0 Å². The molecule has 6 heteroatoms. The quantitative estimate of drug-likeness (QED) is 0.836. The monoisotopic (exact) mass is 282 g/mol. The fraction of sp³-hybridized carbons (Fsp3) is 0.714. The van der Waals surface area contributed by atoms with Crippen LogP contribution in [0.15, 0.2) is 12.5 Å². The Morgan fingerprint density at radius 2 is 2.20 bits per heavy atom. The number of nitrogens with zero attached hydrogens (tertiary/aromatic N) is 2. The molecular formula is C14H26N4O2. The highest BCUT2D eigenvalue weighted by Crippen LogP contribution is 2.06. The Bertz CT molecular complexity index is 423. The molecule has 1 atom stereocenters. The summed E-state index contributed by atoms with van der Waals surface area (Å²) in [5.74, 6) is 0. The lowest BCUT2D eigenvalue weighted by Gasteiger charge is -2.21. The summed E-state index contributed by atoms with van der Waals surface area (Å²) in [4.78, 5) is 15.6. The molecule has 6 nitrogen and oxygen atoms in total. The van der Waals surface area contributed by atoms with Gasteiger partial charge in [0.05, 0.1) is 12.0 Å². The van der Waals surface area contributed by atoms with Crippen LogP contribution < -0.4 is 10.6 Å². The first kappa shape index (κ1) is 16.5. The minimum Gasteiger partial charge on any atom is -0.444 e. The predicted octanol–water partition coefficient (Wildman–Crippen LogP) is 1.91. The summed E-state index contributed by atoms with van der Waals surface area (Å²) in [6.45, 7) is 11.8. The van der Waals surface area contributed by atoms with Gasteiger partial charge in [-0.1, -0.05) is 0 Å². The van der Waals surface area contributed by atoms with E-state index in [0.717, 1.165) is 18.8 Å². The third-order valence-electron chi connectivity index (χ3n) is 2.72. The van der Waals surface area contributed by atoms with E-state index in [1.807, 2.05) is 40.2 Å². The third-order valence-corrected chi connectivity index (χ3v) is 2.72. The molecule has 1 rings (SSSR count). The molecule has 1 aromatic heterocycles. The molecule has 0 aromatic carbocycles. The Morgan fingerprint density at radius 3 is 2.80 bits per heavy atom. The van der Waals surface area contributed by atoms with Crippen molar-refractivity contribution >= 4 is 6.09 Å². The fourth-order valence-electron chi connectivity index (χ4n) is 1.68. The number of rotatable bonds is 6. The molecule has 2 N–H and O–H groups in total. The van der Waals surface area contributed by atoms with Gasteiger partial charge in [-0.15, -0.1) is 0 Å². The number of hydrogen-bond acceptors (Lipinski definition) is 4. The minimum absolute atomic E-state index is 0.155. The number of aryl methyl sites for hydroxylation is 1. The first-order valence-electron chi connectivity index (χ1n) is 7.01. The van der Waals surface area contributed by atoms with E-state index in [4.69, 9.17) is 4.74 Å². The number of ether oxygens (including phenoxy) is 1. The highest BCUT2D eigenvalue weighted by Gasteiger charge is 2.16. The maximum Gasteiger partial charge on any atom is 0.407 e. The van der Waals surface area contributed by atoms with E-state index in [-0.39, 0.29) is 12.1 Å². The topological polar surface area (TPSA) is 68.2 Å². The molecule has 0 spiro atoms. The first-order valence-corrected chi connectivity index (χ1v) is 7.01. The molecule has 0 saturated carbocycles. The van der Waals surface area contributed by atoms with Crippen LogP contribution in [0.25, 0.3) is 0 Å². The number of amides is 1. The van der Waals surface area contributed by atoms with Crippen molar-refractivity contribution in [2.45, 2.75) is 59.4 Å². The zero-order valence-electron chi connectivity index (χ0n) is 13.1. The smallest absolute Gasteiger partial charge is 0.407 e. The Kier molecular flexibility index (Phi) is 6.01. The maximum absolute atomic E-state index is 11.5. The Labute approximate surface area is 120 Å². The van der Waals surface area contributed by atoms with Crippen molar-refractivity contribution in [2.75, 3.05) is 6.54 Å². The summed E-state index contributed by atoms with van der Waals surface area (Å²) in [6, 6.07) is 0.155. The van der Waals surface area contributed by atoms with Crippen LogP contribution in [0.4, 0.5) is 4.79 Å². The highest BCUT2D eigenvalue weighted by molar-refractivity contribution is 5.67. The van der Waals surface area contributed by atoms with Crippen LogP contribution in [0.5, 0.6) is 0 Å². The van der Waals surface area contributed by atoms with E-state index >= 15 is 0 Å². The molecule has 0 aliphatic carbocycles. The molecule has 1 heterocycles. The van der Waals surface area contributed by atoms with Gasteiger partial charge in [-0.05, 0) is 34.6 Å². The average Bonchev–Trinajstić information content (AvgIpc) is 2.79. The van der Waals surface area contributed by atoms with Crippen molar-refractivity contribution < 1.29 is 9.53 Å². The first-order chi connectivity index (χ1) is 9.31. The van der Waals surface area contributed by atoms with Crippen LogP contribution >= 0.6 is 0 Å². The summed E-state index contributed by atoms with van der Waals surface area (Å²) < 4.78 is 7.27. The van der Waals surface area contributed by atoms with Crippen molar-refractivity contribution in [1.29, 1.82) is 0 Å². The van der Waals surface area contributed by atoms with E-state index in [1.54, 1.807) is 0 Å². The standard InChI is InChI=1S/C14H26N4O2/c1-6-18-10-15-8-12(18)9-16-11(2)7-17-13(19)20-14(3,4)5/h8,10-11,16H,6-7,9H2,1-5H3,(H,17,19). The van der Waals surface area contributed by atoms with Crippen molar-refractivity contribution in [1.82, 2.24) is 20.2 Å². The largest absolute Gasteiger partial charge is 0.444 e. The molecular weight excluding hydrogens is 256 g/mol. The number of nitrogens with one attached hydrogen (secondary N) is 2. The molecule has 114 valence electrons. The van der Waals surface area contributed by atoms with Gasteiger partial charge in [0, 0.05) is 31.9 Å². The Hall–Kier alpha value is -1.56. The molecule has 1 amide bonds. The summed E-state index contributed by atoms with van der Waals surface area (Å²) in [6.07, 6.45) is 3.29. The van der Waals surface area contributed by atoms with Crippen LogP contribution in [0.1, 0.15) is 40.3 Å². The zero-order valence-corrected chi connectivity index (χ0v) is 13.1. The second kappa shape index (κ2) is 7.28. The highest BCUT2D eigenvalue weighted by atomic mass is 16.6. The van der Waals surface area contributed by atoms with Crippen LogP contribution in [-0.4, -0.2) is 33.8 Å². The lowest BCUT2D eigenvalue weighted by Crippen LogP contribution is -2.41. The van der Waals surface area contributed by atoms with Crippen molar-refractivity contribution in [3.05, 3.63) is 18.2 Å². The molecule has 0 saturated heterocycles. The van der Waals surface area contributed by atoms with Crippen molar-refractivity contribution in [3.63, 3.8) is 0 Å². The number of carbonyl (C=O) groups is 1. The van der Waals surface area contributed by atoms with E-state index in [1.165, 1.54) is 0 Å². The zero-order chi connectivity index (χ0) is 15.2. The number of alkyl carbamates (subject to hydrolysis) is 1. The van der Waals surface area contributed by atoms with Gasteiger partial charge in [0.2, 0.25) is 0 Å². The molecule has 0 aliphatic rings. The van der Waals surface area contributed by atoms with Crippen LogP contribution in [0.2, 0.25) is 0 Å². The van der Waals surface area contributed by atoms with Gasteiger partial charge in [-0.2, -0.15) is 0 Å². The molecule has 0 radical (unpaired) electrons. The third kappa shape index (κ3) is 6.06. The average molecular weight is 282 g/mol. The Morgan fingerprint density at radius 1 is 1.50 bits per heavy atom. The number of aromatic nitrogens is 2. The molecule has 1 unspecified atom stereocenters. The van der Waals surface area contributed by atoms with Gasteiger partial charge in [0.1, 0.15) is 5.60 Å². The second-order valence-electron chi connectivity index (χ2n) is 5.84. The maximum atomic E-state index is 11.5. The normalized spacial score (nSPS) is 13.1. The van der Waals surface area contributed by atoms with Gasteiger partial charge in [0.15, 0.2) is 0 Å². The van der Waals surface area contributed by atoms with Gasteiger partial charge >= 0.3 is 6.09 Å². The lowest BCUT2D eigenvalue weighted by atomic mass is 10.2. The molecule has 0 fully saturated rings. The number of imidazole rings is 1. The minimum atomic E-state index is -0.464. The Balaban J connectivity index is 2.27. The predicted molar refractivity (Wildman–Crippen MR) is 78.4 cm³/mol. The summed E-state index contributed by atoms with van der Waals surface area (Å²) in [5, 5.41) is 6.10. The van der Waals surface area contributed by atoms with Crippen LogP contribution in [-0.2, 0) is 17.8 Å². The van der Waals surface area contributed by atoms with E-state index < -0.39 is 5.60 Å². The van der Waals surface area contributed by atoms with Crippen LogP contribution in [0, 0.1) is 0 Å². The molecule has 1 aromatic rings. The summed E-state index contributed by atoms with van der Waals surface area (Å²) in [7, 11) is 0. The second-order valence-corrected chi connectivity index (χ2v) is 5.84. The van der Waals surface area contributed by atoms with Crippen molar-refractivity contribution in [3.8, 4) is 0 Å². The molecule has 20 heavy (non-hydrogen) atoms. The van der Waals surface area contributed by atoms with Crippen LogP contribution in [0.3, 0.4) is 0 Å². The number of hydrogen-bond donors (Lipinski definition) is 2. The fourth-order valence-corrected chi connectivity index (χ4v) is 1.68. The van der Waals surface area contributed by atoms with Crippen molar-refractivity contribution in [2.24, 2.45) is 0 Å². The van der Waals surface area contributed by atoms with Gasteiger partial charge < -0.3 is 19.9 Å². The lowest BCUT2D eigenvalue weighted by molar-refractivity contribution is 0.0523. The SMILES string of the molecule is CCn1cncc1CNC(C)CNC(=O)OC(C)(C)C. The van der Waals surface area contributed by atoms with E-state index in [0.29, 0.717) is 6.54 Å². The molecule has 0 aliphatic heterocycles. The molecule has 0 bridgehead atoms. The number of carbonyl (C=O) groups excluding carboxylic acids is 1. The summed E-state index contributed by atoms with van der Waals surface area (Å²) in [5.41, 5.74) is 0.672. The van der Waals surface area contributed by atoms with Gasteiger partial charge in [-0.25, -0.2) is 9.78 Å². The summed E-state index contributed by atoms with van der Waals surface area (Å²) >= 11 is 0.